The third kappa shape index (κ3) is 6.60. The van der Waals surface area contributed by atoms with Gasteiger partial charge in [-0.1, -0.05) is 24.3 Å². The Hall–Kier alpha value is -0.870. The summed E-state index contributed by atoms with van der Waals surface area (Å²) in [5.74, 6) is 0.955. The Bertz CT molecular complexity index is 748. The number of hydrogen-bond donors (Lipinski definition) is 1. The van der Waals surface area contributed by atoms with E-state index >= 15 is 0 Å². The van der Waals surface area contributed by atoms with Crippen LogP contribution in [0.25, 0.3) is 0 Å². The van der Waals surface area contributed by atoms with E-state index in [0.717, 1.165) is 24.6 Å². The molecule has 0 aliphatic carbocycles. The van der Waals surface area contributed by atoms with Gasteiger partial charge in [0.2, 0.25) is 0 Å². The Morgan fingerprint density at radius 1 is 1.30 bits per heavy atom. The maximum Gasteiger partial charge on any atom is 0.194 e. The van der Waals surface area contributed by atoms with Crippen LogP contribution in [0, 0.1) is 0 Å². The first kappa shape index (κ1) is 24.2. The average Bonchev–Trinajstić information content (AvgIpc) is 2.54. The smallest absolute Gasteiger partial charge is 0.194 e. The fourth-order valence-electron chi connectivity index (χ4n) is 3.11. The number of nitrogens with one attached hydrogen (secondary N) is 1. The number of rotatable bonds is 5. The highest BCUT2D eigenvalue weighted by Gasteiger charge is 2.40. The van der Waals surface area contributed by atoms with Crippen LogP contribution in [-0.4, -0.2) is 68.4 Å². The summed E-state index contributed by atoms with van der Waals surface area (Å²) in [7, 11) is 1.06. The lowest BCUT2D eigenvalue weighted by Gasteiger charge is -2.39. The predicted molar refractivity (Wildman–Crippen MR) is 124 cm³/mol. The van der Waals surface area contributed by atoms with Crippen molar-refractivity contribution in [1.82, 2.24) is 15.1 Å². The second kappa shape index (κ2) is 10.1. The maximum atomic E-state index is 12.2. The highest BCUT2D eigenvalue weighted by Crippen LogP contribution is 2.23. The Morgan fingerprint density at radius 3 is 2.56 bits per heavy atom. The molecule has 0 spiro atoms. The summed E-state index contributed by atoms with van der Waals surface area (Å²) < 4.78 is 23.7. The molecule has 8 heteroatoms. The molecule has 0 unspecified atom stereocenters. The highest BCUT2D eigenvalue weighted by atomic mass is 127. The van der Waals surface area contributed by atoms with E-state index in [0.29, 0.717) is 19.6 Å². The van der Waals surface area contributed by atoms with E-state index in [2.05, 4.69) is 53.5 Å². The summed E-state index contributed by atoms with van der Waals surface area (Å²) in [5.41, 5.74) is 2.42. The first-order chi connectivity index (χ1) is 12.1. The van der Waals surface area contributed by atoms with E-state index in [4.69, 9.17) is 4.99 Å². The average molecular weight is 508 g/mol. The molecule has 0 radical (unpaired) electrons. The van der Waals surface area contributed by atoms with Crippen LogP contribution in [0.2, 0.25) is 0 Å². The molecule has 0 saturated carbocycles. The highest BCUT2D eigenvalue weighted by molar-refractivity contribution is 14.0. The minimum atomic E-state index is -3.06. The van der Waals surface area contributed by atoms with Gasteiger partial charge in [-0.05, 0) is 46.0 Å². The molecule has 0 aromatic heterocycles. The SMILES string of the molecule is CCNC(=NCc1cccc(CN(C)C)c1)N1CCS(=O)(=O)C(C)(C)C1.I. The van der Waals surface area contributed by atoms with Crippen LogP contribution in [0.1, 0.15) is 31.9 Å². The minimum Gasteiger partial charge on any atom is -0.357 e. The Labute approximate surface area is 181 Å². The van der Waals surface area contributed by atoms with E-state index in [1.54, 1.807) is 13.8 Å². The number of nitrogens with zero attached hydrogens (tertiary/aromatic N) is 3. The van der Waals surface area contributed by atoms with Gasteiger partial charge in [-0.25, -0.2) is 13.4 Å². The standard InChI is InChI=1S/C19H32N4O2S.HI/c1-6-20-18(23-10-11-26(24,25)19(2,3)15-23)21-13-16-8-7-9-17(12-16)14-22(4)5;/h7-9,12H,6,10-11,13-15H2,1-5H3,(H,20,21);1H. The zero-order valence-electron chi connectivity index (χ0n) is 17.0. The molecular formula is C19H33IN4O2S. The molecule has 27 heavy (non-hydrogen) atoms. The van der Waals surface area contributed by atoms with Crippen molar-refractivity contribution in [1.29, 1.82) is 0 Å². The summed E-state index contributed by atoms with van der Waals surface area (Å²) >= 11 is 0. The van der Waals surface area contributed by atoms with Crippen LogP contribution in [0.5, 0.6) is 0 Å². The maximum absolute atomic E-state index is 12.2. The van der Waals surface area contributed by atoms with Gasteiger partial charge in [-0.15, -0.1) is 24.0 Å². The summed E-state index contributed by atoms with van der Waals surface area (Å²) in [6.45, 7) is 8.79. The van der Waals surface area contributed by atoms with Crippen molar-refractivity contribution >= 4 is 39.8 Å². The van der Waals surface area contributed by atoms with Crippen LogP contribution < -0.4 is 5.32 Å². The molecule has 1 aliphatic heterocycles. The van der Waals surface area contributed by atoms with Gasteiger partial charge in [-0.3, -0.25) is 0 Å². The zero-order valence-corrected chi connectivity index (χ0v) is 20.2. The van der Waals surface area contributed by atoms with E-state index in [9.17, 15) is 8.42 Å². The van der Waals surface area contributed by atoms with Gasteiger partial charge in [-0.2, -0.15) is 0 Å². The van der Waals surface area contributed by atoms with Crippen LogP contribution in [0.3, 0.4) is 0 Å². The molecule has 154 valence electrons. The molecule has 0 bridgehead atoms. The second-order valence-corrected chi connectivity index (χ2v) is 10.5. The largest absolute Gasteiger partial charge is 0.357 e. The normalized spacial score (nSPS) is 18.9. The molecule has 2 rings (SSSR count). The molecule has 1 saturated heterocycles. The molecule has 6 nitrogen and oxygen atoms in total. The molecule has 1 aromatic carbocycles. The second-order valence-electron chi connectivity index (χ2n) is 7.73. The zero-order chi connectivity index (χ0) is 19.4. The fraction of sp³-hybridized carbons (Fsp3) is 0.632. The van der Waals surface area contributed by atoms with Crippen molar-refractivity contribution in [2.24, 2.45) is 4.99 Å². The lowest BCUT2D eigenvalue weighted by Crippen LogP contribution is -2.57. The third-order valence-electron chi connectivity index (χ3n) is 4.58. The third-order valence-corrected chi connectivity index (χ3v) is 7.11. The van der Waals surface area contributed by atoms with Gasteiger partial charge in [0.05, 0.1) is 17.0 Å². The molecule has 1 aliphatic rings. The molecule has 0 atom stereocenters. The number of aliphatic imine (C=N–C) groups is 1. The number of benzene rings is 1. The fourth-order valence-corrected chi connectivity index (χ4v) is 4.47. The van der Waals surface area contributed by atoms with E-state index in [-0.39, 0.29) is 29.7 Å². The number of sulfone groups is 1. The molecule has 1 fully saturated rings. The number of guanidine groups is 1. The monoisotopic (exact) mass is 508 g/mol. The van der Waals surface area contributed by atoms with Gasteiger partial charge in [0.1, 0.15) is 0 Å². The van der Waals surface area contributed by atoms with Crippen molar-refractivity contribution in [3.05, 3.63) is 35.4 Å². The molecule has 1 heterocycles. The van der Waals surface area contributed by atoms with E-state index < -0.39 is 14.6 Å². The van der Waals surface area contributed by atoms with E-state index in [1.165, 1.54) is 5.56 Å². The van der Waals surface area contributed by atoms with Gasteiger partial charge in [0.25, 0.3) is 0 Å². The van der Waals surface area contributed by atoms with Gasteiger partial charge in [0.15, 0.2) is 15.8 Å². The van der Waals surface area contributed by atoms with Crippen molar-refractivity contribution in [3.63, 3.8) is 0 Å². The summed E-state index contributed by atoms with van der Waals surface area (Å²) in [6.07, 6.45) is 0. The predicted octanol–water partition coefficient (Wildman–Crippen LogP) is 2.34. The Morgan fingerprint density at radius 2 is 1.96 bits per heavy atom. The Kier molecular flexibility index (Phi) is 9.01. The van der Waals surface area contributed by atoms with Gasteiger partial charge < -0.3 is 15.1 Å². The molecule has 1 N–H and O–H groups in total. The number of halogens is 1. The lowest BCUT2D eigenvalue weighted by molar-refractivity contribution is 0.353. The quantitative estimate of drug-likeness (QED) is 0.376. The van der Waals surface area contributed by atoms with Crippen LogP contribution >= 0.6 is 24.0 Å². The summed E-state index contributed by atoms with van der Waals surface area (Å²) in [4.78, 5) is 8.97. The van der Waals surface area contributed by atoms with Crippen molar-refractivity contribution in [3.8, 4) is 0 Å². The summed E-state index contributed by atoms with van der Waals surface area (Å²) in [6, 6.07) is 8.44. The minimum absolute atomic E-state index is 0. The van der Waals surface area contributed by atoms with Crippen LogP contribution in [0.15, 0.2) is 29.3 Å². The van der Waals surface area contributed by atoms with Crippen LogP contribution in [0.4, 0.5) is 0 Å². The Balaban J connectivity index is 0.00000364. The van der Waals surface area contributed by atoms with Crippen molar-refractivity contribution in [2.75, 3.05) is 39.5 Å². The topological polar surface area (TPSA) is 65.0 Å². The van der Waals surface area contributed by atoms with E-state index in [1.807, 2.05) is 6.92 Å². The number of hydrogen-bond acceptors (Lipinski definition) is 4. The first-order valence-electron chi connectivity index (χ1n) is 9.13. The molecule has 1 aromatic rings. The first-order valence-corrected chi connectivity index (χ1v) is 10.8. The van der Waals surface area contributed by atoms with Gasteiger partial charge >= 0.3 is 0 Å². The molecular weight excluding hydrogens is 475 g/mol. The lowest BCUT2D eigenvalue weighted by atomic mass is 10.1. The summed E-state index contributed by atoms with van der Waals surface area (Å²) in [5, 5.41) is 3.31. The molecule has 0 amide bonds. The van der Waals surface area contributed by atoms with Crippen LogP contribution in [-0.2, 0) is 22.9 Å². The van der Waals surface area contributed by atoms with Gasteiger partial charge in [0, 0.05) is 26.2 Å². The van der Waals surface area contributed by atoms with Crippen molar-refractivity contribution < 1.29 is 8.42 Å². The van der Waals surface area contributed by atoms with Crippen molar-refractivity contribution in [2.45, 2.75) is 38.6 Å².